The predicted molar refractivity (Wildman–Crippen MR) is 122 cm³/mol. The minimum absolute atomic E-state index is 0.567. The molecule has 6 nitrogen and oxygen atoms in total. The van der Waals surface area contributed by atoms with Gasteiger partial charge in [-0.2, -0.15) is 4.98 Å². The Kier molecular flexibility index (Phi) is 5.79. The Bertz CT molecular complexity index is 915. The number of benzene rings is 2. The highest BCUT2D eigenvalue weighted by atomic mass is 15.1. The van der Waals surface area contributed by atoms with Crippen LogP contribution < -0.4 is 20.4 Å². The standard InChI is InChI=1S/C23H28N6/c1-28(2)20-10-6-19(7-11-20)26-23-24-15-14-22(27-23)25-18-8-12-21(13-9-18)29-16-4-3-5-17-29/h6-15H,3-5,16-17H2,1-2H3,(H2,24,25,26,27). The van der Waals surface area contributed by atoms with Crippen LogP contribution in [-0.4, -0.2) is 37.2 Å². The van der Waals surface area contributed by atoms with Gasteiger partial charge in [-0.1, -0.05) is 0 Å². The van der Waals surface area contributed by atoms with Crippen molar-refractivity contribution in [3.05, 3.63) is 60.8 Å². The molecule has 0 spiro atoms. The number of piperidine rings is 1. The van der Waals surface area contributed by atoms with E-state index >= 15 is 0 Å². The summed E-state index contributed by atoms with van der Waals surface area (Å²) in [5, 5.41) is 6.63. The van der Waals surface area contributed by atoms with Gasteiger partial charge in [-0.3, -0.25) is 0 Å². The minimum atomic E-state index is 0.567. The van der Waals surface area contributed by atoms with E-state index in [9.17, 15) is 0 Å². The maximum absolute atomic E-state index is 4.58. The van der Waals surface area contributed by atoms with Crippen molar-refractivity contribution in [1.29, 1.82) is 0 Å². The number of aromatic nitrogens is 2. The van der Waals surface area contributed by atoms with Crippen molar-refractivity contribution in [3.8, 4) is 0 Å². The van der Waals surface area contributed by atoms with Crippen molar-refractivity contribution in [2.24, 2.45) is 0 Å². The molecule has 0 aliphatic carbocycles. The van der Waals surface area contributed by atoms with Gasteiger partial charge in [-0.05, 0) is 73.9 Å². The molecule has 150 valence electrons. The summed E-state index contributed by atoms with van der Waals surface area (Å²) in [5.74, 6) is 1.33. The molecule has 4 rings (SSSR count). The molecule has 1 aliphatic rings. The van der Waals surface area contributed by atoms with Gasteiger partial charge in [0.25, 0.3) is 0 Å². The molecule has 0 saturated carbocycles. The van der Waals surface area contributed by atoms with E-state index in [1.807, 2.05) is 32.3 Å². The van der Waals surface area contributed by atoms with Crippen LogP contribution in [0.25, 0.3) is 0 Å². The second-order valence-electron chi connectivity index (χ2n) is 7.55. The van der Waals surface area contributed by atoms with Crippen molar-refractivity contribution < 1.29 is 0 Å². The first-order chi connectivity index (χ1) is 14.2. The number of nitrogens with zero attached hydrogens (tertiary/aromatic N) is 4. The van der Waals surface area contributed by atoms with Crippen molar-refractivity contribution >= 4 is 34.5 Å². The molecular formula is C23H28N6. The van der Waals surface area contributed by atoms with Crippen LogP contribution in [0.3, 0.4) is 0 Å². The van der Waals surface area contributed by atoms with Gasteiger partial charge in [-0.25, -0.2) is 4.98 Å². The van der Waals surface area contributed by atoms with E-state index in [-0.39, 0.29) is 0 Å². The summed E-state index contributed by atoms with van der Waals surface area (Å²) < 4.78 is 0. The number of hydrogen-bond acceptors (Lipinski definition) is 6. The summed E-state index contributed by atoms with van der Waals surface area (Å²) in [6.07, 6.45) is 5.68. The summed E-state index contributed by atoms with van der Waals surface area (Å²) in [6.45, 7) is 2.31. The van der Waals surface area contributed by atoms with Gasteiger partial charge in [0.2, 0.25) is 5.95 Å². The summed E-state index contributed by atoms with van der Waals surface area (Å²) in [5.41, 5.74) is 4.42. The number of hydrogen-bond donors (Lipinski definition) is 2. The zero-order valence-electron chi connectivity index (χ0n) is 17.1. The highest BCUT2D eigenvalue weighted by Crippen LogP contribution is 2.24. The Morgan fingerprint density at radius 3 is 2.14 bits per heavy atom. The summed E-state index contributed by atoms with van der Waals surface area (Å²) in [4.78, 5) is 13.4. The quantitative estimate of drug-likeness (QED) is 0.618. The van der Waals surface area contributed by atoms with Crippen LogP contribution in [0.1, 0.15) is 19.3 Å². The predicted octanol–water partition coefficient (Wildman–Crippen LogP) is 5.02. The molecule has 29 heavy (non-hydrogen) atoms. The van der Waals surface area contributed by atoms with Gasteiger partial charge in [-0.15, -0.1) is 0 Å². The lowest BCUT2D eigenvalue weighted by atomic mass is 10.1. The Morgan fingerprint density at radius 2 is 1.45 bits per heavy atom. The topological polar surface area (TPSA) is 56.3 Å². The van der Waals surface area contributed by atoms with Crippen LogP contribution in [0, 0.1) is 0 Å². The molecule has 0 bridgehead atoms. The smallest absolute Gasteiger partial charge is 0.229 e. The molecule has 2 aromatic carbocycles. The molecule has 0 unspecified atom stereocenters. The largest absolute Gasteiger partial charge is 0.378 e. The Balaban J connectivity index is 1.40. The van der Waals surface area contributed by atoms with Gasteiger partial charge < -0.3 is 20.4 Å². The lowest BCUT2D eigenvalue weighted by molar-refractivity contribution is 0.578. The fourth-order valence-corrected chi connectivity index (χ4v) is 3.52. The molecule has 2 heterocycles. The second-order valence-corrected chi connectivity index (χ2v) is 7.55. The van der Waals surface area contributed by atoms with Crippen LogP contribution >= 0.6 is 0 Å². The average molecular weight is 389 g/mol. The molecule has 1 saturated heterocycles. The van der Waals surface area contributed by atoms with Gasteiger partial charge in [0, 0.05) is 56.1 Å². The SMILES string of the molecule is CN(C)c1ccc(Nc2nccc(Nc3ccc(N4CCCCC4)cc3)n2)cc1. The summed E-state index contributed by atoms with van der Waals surface area (Å²) >= 11 is 0. The van der Waals surface area contributed by atoms with E-state index in [4.69, 9.17) is 0 Å². The zero-order chi connectivity index (χ0) is 20.1. The van der Waals surface area contributed by atoms with Crippen molar-refractivity contribution in [2.75, 3.05) is 47.6 Å². The van der Waals surface area contributed by atoms with Crippen LogP contribution in [0.2, 0.25) is 0 Å². The van der Waals surface area contributed by atoms with Crippen LogP contribution in [0.4, 0.5) is 34.5 Å². The fourth-order valence-electron chi connectivity index (χ4n) is 3.52. The maximum atomic E-state index is 4.58. The van der Waals surface area contributed by atoms with Crippen molar-refractivity contribution in [3.63, 3.8) is 0 Å². The minimum Gasteiger partial charge on any atom is -0.378 e. The Hall–Kier alpha value is -3.28. The highest BCUT2D eigenvalue weighted by Gasteiger charge is 2.10. The first-order valence-electron chi connectivity index (χ1n) is 10.2. The van der Waals surface area contributed by atoms with Gasteiger partial charge in [0.1, 0.15) is 5.82 Å². The molecule has 1 aliphatic heterocycles. The van der Waals surface area contributed by atoms with E-state index < -0.39 is 0 Å². The van der Waals surface area contributed by atoms with E-state index in [1.54, 1.807) is 6.20 Å². The third kappa shape index (κ3) is 4.96. The summed E-state index contributed by atoms with van der Waals surface area (Å²) in [6, 6.07) is 18.6. The van der Waals surface area contributed by atoms with E-state index in [0.717, 1.165) is 36.0 Å². The van der Waals surface area contributed by atoms with E-state index in [1.165, 1.54) is 24.9 Å². The first kappa shape index (κ1) is 19.1. The average Bonchev–Trinajstić information content (AvgIpc) is 2.76. The molecule has 0 radical (unpaired) electrons. The maximum Gasteiger partial charge on any atom is 0.229 e. The van der Waals surface area contributed by atoms with Gasteiger partial charge in [0.15, 0.2) is 0 Å². The van der Waals surface area contributed by atoms with Crippen molar-refractivity contribution in [2.45, 2.75) is 19.3 Å². The molecule has 0 amide bonds. The van der Waals surface area contributed by atoms with E-state index in [2.05, 4.69) is 66.8 Å². The fraction of sp³-hybridized carbons (Fsp3) is 0.304. The Morgan fingerprint density at radius 1 is 0.793 bits per heavy atom. The van der Waals surface area contributed by atoms with Crippen molar-refractivity contribution in [1.82, 2.24) is 9.97 Å². The number of nitrogens with one attached hydrogen (secondary N) is 2. The molecular weight excluding hydrogens is 360 g/mol. The lowest BCUT2D eigenvalue weighted by Crippen LogP contribution is -2.29. The first-order valence-corrected chi connectivity index (χ1v) is 10.2. The number of anilines is 6. The van der Waals surface area contributed by atoms with Gasteiger partial charge in [0.05, 0.1) is 0 Å². The molecule has 2 N–H and O–H groups in total. The van der Waals surface area contributed by atoms with Crippen LogP contribution in [-0.2, 0) is 0 Å². The summed E-state index contributed by atoms with van der Waals surface area (Å²) in [7, 11) is 4.06. The van der Waals surface area contributed by atoms with Crippen LogP contribution in [0.5, 0.6) is 0 Å². The third-order valence-electron chi connectivity index (χ3n) is 5.16. The lowest BCUT2D eigenvalue weighted by Gasteiger charge is -2.28. The molecule has 1 fully saturated rings. The number of rotatable bonds is 6. The zero-order valence-corrected chi connectivity index (χ0v) is 17.1. The molecule has 3 aromatic rings. The molecule has 1 aromatic heterocycles. The van der Waals surface area contributed by atoms with Gasteiger partial charge >= 0.3 is 0 Å². The monoisotopic (exact) mass is 388 g/mol. The Labute approximate surface area is 172 Å². The second kappa shape index (κ2) is 8.82. The van der Waals surface area contributed by atoms with Crippen LogP contribution in [0.15, 0.2) is 60.8 Å². The molecule has 6 heteroatoms. The highest BCUT2D eigenvalue weighted by molar-refractivity contribution is 5.63. The molecule has 0 atom stereocenters. The normalized spacial score (nSPS) is 13.8. The van der Waals surface area contributed by atoms with E-state index in [0.29, 0.717) is 5.95 Å². The third-order valence-corrected chi connectivity index (χ3v) is 5.16.